The predicted octanol–water partition coefficient (Wildman–Crippen LogP) is 2.41. The zero-order valence-corrected chi connectivity index (χ0v) is 9.97. The van der Waals surface area contributed by atoms with E-state index in [4.69, 9.17) is 4.74 Å². The molecule has 0 bridgehead atoms. The third kappa shape index (κ3) is 3.56. The van der Waals surface area contributed by atoms with E-state index in [1.54, 1.807) is 0 Å². The number of hydrogen-bond donors (Lipinski definition) is 1. The van der Waals surface area contributed by atoms with E-state index in [9.17, 15) is 0 Å². The molecular formula is C13H21NO. The summed E-state index contributed by atoms with van der Waals surface area (Å²) in [5, 5.41) is 3.17. The van der Waals surface area contributed by atoms with Gasteiger partial charge in [-0.15, -0.1) is 0 Å². The lowest BCUT2D eigenvalue weighted by Gasteiger charge is -2.11. The van der Waals surface area contributed by atoms with E-state index in [1.807, 2.05) is 14.0 Å². The zero-order valence-electron chi connectivity index (χ0n) is 9.97. The summed E-state index contributed by atoms with van der Waals surface area (Å²) >= 11 is 0. The molecule has 0 radical (unpaired) electrons. The highest BCUT2D eigenvalue weighted by atomic mass is 16.5. The molecule has 1 aromatic rings. The second-order valence-corrected chi connectivity index (χ2v) is 3.58. The molecule has 0 saturated heterocycles. The summed E-state index contributed by atoms with van der Waals surface area (Å²) in [6.07, 6.45) is 2.11. The van der Waals surface area contributed by atoms with Crippen LogP contribution in [0.25, 0.3) is 0 Å². The third-order valence-electron chi connectivity index (χ3n) is 2.48. The average Bonchev–Trinajstić information content (AvgIpc) is 2.28. The van der Waals surface area contributed by atoms with Crippen LogP contribution in [0.1, 0.15) is 25.0 Å². The van der Waals surface area contributed by atoms with Crippen molar-refractivity contribution in [1.29, 1.82) is 0 Å². The Balaban J connectivity index is 2.83. The van der Waals surface area contributed by atoms with Crippen LogP contribution < -0.4 is 10.1 Å². The summed E-state index contributed by atoms with van der Waals surface area (Å²) in [5.41, 5.74) is 2.69. The van der Waals surface area contributed by atoms with E-state index in [1.165, 1.54) is 11.1 Å². The Hall–Kier alpha value is -1.02. The molecule has 0 aliphatic heterocycles. The van der Waals surface area contributed by atoms with Crippen molar-refractivity contribution in [1.82, 2.24) is 5.32 Å². The Morgan fingerprint density at radius 1 is 1.27 bits per heavy atom. The zero-order chi connectivity index (χ0) is 11.1. The highest BCUT2D eigenvalue weighted by Crippen LogP contribution is 2.21. The predicted molar refractivity (Wildman–Crippen MR) is 64.6 cm³/mol. The Morgan fingerprint density at radius 3 is 2.67 bits per heavy atom. The maximum absolute atomic E-state index is 5.61. The van der Waals surface area contributed by atoms with E-state index in [0.717, 1.165) is 31.7 Å². The molecule has 2 heteroatoms. The molecule has 2 nitrogen and oxygen atoms in total. The molecule has 0 fully saturated rings. The van der Waals surface area contributed by atoms with Crippen LogP contribution in [-0.4, -0.2) is 20.2 Å². The first-order valence-electron chi connectivity index (χ1n) is 5.71. The summed E-state index contributed by atoms with van der Waals surface area (Å²) in [7, 11) is 1.98. The summed E-state index contributed by atoms with van der Waals surface area (Å²) in [6, 6.07) is 6.49. The molecule has 0 amide bonds. The summed E-state index contributed by atoms with van der Waals surface area (Å²) in [5.74, 6) is 1.03. The second-order valence-electron chi connectivity index (χ2n) is 3.58. The Kier molecular flexibility index (Phi) is 5.19. The van der Waals surface area contributed by atoms with E-state index >= 15 is 0 Å². The van der Waals surface area contributed by atoms with Crippen LogP contribution in [0.3, 0.4) is 0 Å². The van der Waals surface area contributed by atoms with Crippen molar-refractivity contribution in [2.45, 2.75) is 26.7 Å². The fraction of sp³-hybridized carbons (Fsp3) is 0.538. The molecule has 15 heavy (non-hydrogen) atoms. The number of hydrogen-bond acceptors (Lipinski definition) is 2. The monoisotopic (exact) mass is 207 g/mol. The van der Waals surface area contributed by atoms with Gasteiger partial charge in [0.25, 0.3) is 0 Å². The van der Waals surface area contributed by atoms with Crippen LogP contribution in [0.15, 0.2) is 18.2 Å². The number of aryl methyl sites for hydroxylation is 1. The molecule has 0 saturated carbocycles. The first-order valence-corrected chi connectivity index (χ1v) is 5.71. The molecule has 84 valence electrons. The van der Waals surface area contributed by atoms with Crippen molar-refractivity contribution in [3.05, 3.63) is 29.3 Å². The minimum absolute atomic E-state index is 0.734. The molecule has 0 aromatic heterocycles. The molecule has 1 rings (SSSR count). The van der Waals surface area contributed by atoms with Crippen molar-refractivity contribution in [2.75, 3.05) is 20.2 Å². The normalized spacial score (nSPS) is 10.3. The van der Waals surface area contributed by atoms with Gasteiger partial charge in [0, 0.05) is 0 Å². The number of nitrogens with one attached hydrogen (secondary N) is 1. The Morgan fingerprint density at radius 2 is 2.07 bits per heavy atom. The van der Waals surface area contributed by atoms with Gasteiger partial charge in [-0.25, -0.2) is 0 Å². The number of benzene rings is 1. The molecule has 0 heterocycles. The Labute approximate surface area is 92.6 Å². The highest BCUT2D eigenvalue weighted by Gasteiger charge is 2.03. The standard InChI is InChI=1S/C13H21NO/c1-4-11-6-7-13(15-5-2)12(10-11)8-9-14-3/h6-7,10,14H,4-5,8-9H2,1-3H3. The van der Waals surface area contributed by atoms with Crippen molar-refractivity contribution in [3.8, 4) is 5.75 Å². The molecule has 0 atom stereocenters. The van der Waals surface area contributed by atoms with Gasteiger partial charge >= 0.3 is 0 Å². The Bertz CT molecular complexity index is 297. The van der Waals surface area contributed by atoms with E-state index in [0.29, 0.717) is 0 Å². The van der Waals surface area contributed by atoms with E-state index in [2.05, 4.69) is 30.4 Å². The van der Waals surface area contributed by atoms with Crippen LogP contribution in [0, 0.1) is 0 Å². The van der Waals surface area contributed by atoms with Gasteiger partial charge in [0.15, 0.2) is 0 Å². The molecular weight excluding hydrogens is 186 g/mol. The van der Waals surface area contributed by atoms with Crippen LogP contribution in [0.2, 0.25) is 0 Å². The fourth-order valence-electron chi connectivity index (χ4n) is 1.60. The largest absolute Gasteiger partial charge is 0.494 e. The van der Waals surface area contributed by atoms with Crippen LogP contribution in [0.4, 0.5) is 0 Å². The van der Waals surface area contributed by atoms with Crippen LogP contribution in [-0.2, 0) is 12.8 Å². The first kappa shape index (κ1) is 12.1. The highest BCUT2D eigenvalue weighted by molar-refractivity contribution is 5.37. The first-order chi connectivity index (χ1) is 7.31. The molecule has 0 aliphatic rings. The van der Waals surface area contributed by atoms with Gasteiger partial charge in [0.05, 0.1) is 6.61 Å². The lowest BCUT2D eigenvalue weighted by Crippen LogP contribution is -2.11. The average molecular weight is 207 g/mol. The van der Waals surface area contributed by atoms with E-state index in [-0.39, 0.29) is 0 Å². The molecule has 1 N–H and O–H groups in total. The maximum Gasteiger partial charge on any atom is 0.122 e. The van der Waals surface area contributed by atoms with Crippen molar-refractivity contribution in [3.63, 3.8) is 0 Å². The number of rotatable bonds is 6. The quantitative estimate of drug-likeness (QED) is 0.773. The lowest BCUT2D eigenvalue weighted by atomic mass is 10.1. The fourth-order valence-corrected chi connectivity index (χ4v) is 1.60. The van der Waals surface area contributed by atoms with Gasteiger partial charge in [0.1, 0.15) is 5.75 Å². The smallest absolute Gasteiger partial charge is 0.122 e. The minimum atomic E-state index is 0.734. The number of ether oxygens (including phenoxy) is 1. The lowest BCUT2D eigenvalue weighted by molar-refractivity contribution is 0.336. The van der Waals surface area contributed by atoms with Gasteiger partial charge in [0.2, 0.25) is 0 Å². The van der Waals surface area contributed by atoms with Crippen molar-refractivity contribution >= 4 is 0 Å². The third-order valence-corrected chi connectivity index (χ3v) is 2.48. The van der Waals surface area contributed by atoms with Crippen molar-refractivity contribution in [2.24, 2.45) is 0 Å². The molecule has 1 aromatic carbocycles. The van der Waals surface area contributed by atoms with Gasteiger partial charge in [-0.05, 0) is 50.6 Å². The van der Waals surface area contributed by atoms with E-state index < -0.39 is 0 Å². The van der Waals surface area contributed by atoms with Gasteiger partial charge < -0.3 is 10.1 Å². The molecule has 0 unspecified atom stereocenters. The minimum Gasteiger partial charge on any atom is -0.494 e. The van der Waals surface area contributed by atoms with Gasteiger partial charge in [-0.2, -0.15) is 0 Å². The second kappa shape index (κ2) is 6.46. The molecule has 0 spiro atoms. The van der Waals surface area contributed by atoms with Crippen molar-refractivity contribution < 1.29 is 4.74 Å². The summed E-state index contributed by atoms with van der Waals surface area (Å²) in [4.78, 5) is 0. The van der Waals surface area contributed by atoms with Crippen LogP contribution >= 0.6 is 0 Å². The topological polar surface area (TPSA) is 21.3 Å². The summed E-state index contributed by atoms with van der Waals surface area (Å²) < 4.78 is 5.61. The SMILES string of the molecule is CCOc1ccc(CC)cc1CCNC. The van der Waals surface area contributed by atoms with Gasteiger partial charge in [-0.1, -0.05) is 19.1 Å². The van der Waals surface area contributed by atoms with Gasteiger partial charge in [-0.3, -0.25) is 0 Å². The molecule has 0 aliphatic carbocycles. The maximum atomic E-state index is 5.61. The van der Waals surface area contributed by atoms with Crippen LogP contribution in [0.5, 0.6) is 5.75 Å². The summed E-state index contributed by atoms with van der Waals surface area (Å²) in [6.45, 7) is 5.93. The number of likely N-dealkylation sites (N-methyl/N-ethyl adjacent to an activating group) is 1.